The van der Waals surface area contributed by atoms with Crippen molar-refractivity contribution in [2.24, 2.45) is 0 Å². The fraction of sp³-hybridized carbons (Fsp3) is 0.400. The number of hydrogen-bond acceptors (Lipinski definition) is 7. The van der Waals surface area contributed by atoms with Gasteiger partial charge < -0.3 is 20.4 Å². The second kappa shape index (κ2) is 8.78. The van der Waals surface area contributed by atoms with Gasteiger partial charge in [0.15, 0.2) is 11.5 Å². The lowest BCUT2D eigenvalue weighted by molar-refractivity contribution is -0.121. The molecular formula is C20H23N5O3. The number of aliphatic hydroxyl groups is 2. The average Bonchev–Trinajstić information content (AvgIpc) is 3.08. The van der Waals surface area contributed by atoms with Crippen molar-refractivity contribution in [1.29, 1.82) is 5.26 Å². The molecule has 3 N–H and O–H groups in total. The summed E-state index contributed by atoms with van der Waals surface area (Å²) in [6.45, 7) is 2.77. The van der Waals surface area contributed by atoms with Crippen LogP contribution in [0.3, 0.4) is 0 Å². The Morgan fingerprint density at radius 3 is 2.64 bits per heavy atom. The number of aliphatic hydroxyl groups excluding tert-OH is 2. The number of nitrogens with zero attached hydrogens (tertiary/aromatic N) is 4. The SMILES string of the molecule is CC(CO)c1ccc(CC(=O)N[C@H]2CN(c3ccc(C#N)nn3)C[C@@H]2O)cc1. The van der Waals surface area contributed by atoms with E-state index in [4.69, 9.17) is 5.26 Å². The summed E-state index contributed by atoms with van der Waals surface area (Å²) in [7, 11) is 0. The smallest absolute Gasteiger partial charge is 0.224 e. The summed E-state index contributed by atoms with van der Waals surface area (Å²) in [5, 5.41) is 38.9. The zero-order chi connectivity index (χ0) is 20.1. The number of nitriles is 1. The predicted molar refractivity (Wildman–Crippen MR) is 103 cm³/mol. The van der Waals surface area contributed by atoms with Crippen LogP contribution in [0.2, 0.25) is 0 Å². The van der Waals surface area contributed by atoms with E-state index in [1.807, 2.05) is 42.2 Å². The van der Waals surface area contributed by atoms with Gasteiger partial charge in [0.2, 0.25) is 5.91 Å². The normalized spacial score (nSPS) is 19.9. The summed E-state index contributed by atoms with van der Waals surface area (Å²) in [6.07, 6.45) is -0.498. The molecule has 8 heteroatoms. The Hall–Kier alpha value is -3.02. The molecule has 1 aromatic heterocycles. The fourth-order valence-electron chi connectivity index (χ4n) is 3.18. The Balaban J connectivity index is 1.55. The fourth-order valence-corrected chi connectivity index (χ4v) is 3.18. The lowest BCUT2D eigenvalue weighted by Crippen LogP contribution is -2.43. The number of hydrogen-bond donors (Lipinski definition) is 3. The van der Waals surface area contributed by atoms with Crippen LogP contribution < -0.4 is 10.2 Å². The number of carbonyl (C=O) groups is 1. The number of carbonyl (C=O) groups excluding carboxylic acids is 1. The standard InChI is InChI=1S/C20H23N5O3/c1-13(12-26)15-4-2-14(3-5-15)8-20(28)22-17-10-25(11-18(17)27)19-7-6-16(9-21)23-24-19/h2-7,13,17-18,26-27H,8,10-12H2,1H3,(H,22,28)/t13?,17-,18-/m0/s1. The van der Waals surface area contributed by atoms with Crippen LogP contribution in [0.5, 0.6) is 0 Å². The van der Waals surface area contributed by atoms with Crippen molar-refractivity contribution in [2.75, 3.05) is 24.6 Å². The Morgan fingerprint density at radius 1 is 1.29 bits per heavy atom. The van der Waals surface area contributed by atoms with E-state index in [-0.39, 0.29) is 30.5 Å². The maximum absolute atomic E-state index is 12.4. The summed E-state index contributed by atoms with van der Waals surface area (Å²) < 4.78 is 0. The van der Waals surface area contributed by atoms with E-state index in [1.54, 1.807) is 12.1 Å². The molecule has 0 bridgehead atoms. The molecule has 3 rings (SSSR count). The third-order valence-corrected chi connectivity index (χ3v) is 4.91. The highest BCUT2D eigenvalue weighted by molar-refractivity contribution is 5.79. The lowest BCUT2D eigenvalue weighted by Gasteiger charge is -2.17. The van der Waals surface area contributed by atoms with Crippen LogP contribution in [0.4, 0.5) is 5.82 Å². The first-order valence-corrected chi connectivity index (χ1v) is 9.16. The third-order valence-electron chi connectivity index (χ3n) is 4.91. The van der Waals surface area contributed by atoms with Crippen LogP contribution in [0, 0.1) is 11.3 Å². The van der Waals surface area contributed by atoms with Gasteiger partial charge in [-0.25, -0.2) is 0 Å². The zero-order valence-corrected chi connectivity index (χ0v) is 15.6. The maximum atomic E-state index is 12.4. The van der Waals surface area contributed by atoms with E-state index in [9.17, 15) is 15.0 Å². The van der Waals surface area contributed by atoms with E-state index in [1.165, 1.54) is 0 Å². The highest BCUT2D eigenvalue weighted by Crippen LogP contribution is 2.19. The molecule has 1 aliphatic rings. The molecule has 2 aromatic rings. The Labute approximate surface area is 163 Å². The molecule has 3 atom stereocenters. The highest BCUT2D eigenvalue weighted by Gasteiger charge is 2.33. The number of rotatable bonds is 6. The van der Waals surface area contributed by atoms with E-state index >= 15 is 0 Å². The van der Waals surface area contributed by atoms with Crippen LogP contribution in [0.15, 0.2) is 36.4 Å². The van der Waals surface area contributed by atoms with Gasteiger partial charge >= 0.3 is 0 Å². The molecule has 0 aliphatic carbocycles. The van der Waals surface area contributed by atoms with Crippen molar-refractivity contribution < 1.29 is 15.0 Å². The maximum Gasteiger partial charge on any atom is 0.224 e. The van der Waals surface area contributed by atoms with Crippen LogP contribution in [-0.2, 0) is 11.2 Å². The summed E-state index contributed by atoms with van der Waals surface area (Å²) in [5.41, 5.74) is 2.12. The van der Waals surface area contributed by atoms with Crippen LogP contribution >= 0.6 is 0 Å². The molecule has 1 unspecified atom stereocenters. The topological polar surface area (TPSA) is 122 Å². The second-order valence-corrected chi connectivity index (χ2v) is 7.04. The summed E-state index contributed by atoms with van der Waals surface area (Å²) in [5.74, 6) is 0.455. The number of anilines is 1. The Kier molecular flexibility index (Phi) is 6.19. The van der Waals surface area contributed by atoms with Crippen LogP contribution in [-0.4, -0.2) is 58.2 Å². The molecule has 8 nitrogen and oxygen atoms in total. The molecule has 1 fully saturated rings. The van der Waals surface area contributed by atoms with Gasteiger partial charge in [0.05, 0.1) is 18.6 Å². The highest BCUT2D eigenvalue weighted by atomic mass is 16.3. The van der Waals surface area contributed by atoms with Crippen molar-refractivity contribution in [3.63, 3.8) is 0 Å². The summed E-state index contributed by atoms with van der Waals surface area (Å²) in [6, 6.07) is 12.4. The quantitative estimate of drug-likeness (QED) is 0.660. The number of amides is 1. The van der Waals surface area contributed by atoms with Gasteiger partial charge in [0.25, 0.3) is 0 Å². The van der Waals surface area contributed by atoms with Crippen LogP contribution in [0.1, 0.15) is 29.7 Å². The van der Waals surface area contributed by atoms with E-state index < -0.39 is 12.1 Å². The molecule has 0 radical (unpaired) electrons. The van der Waals surface area contributed by atoms with Crippen molar-refractivity contribution in [3.8, 4) is 6.07 Å². The first-order chi connectivity index (χ1) is 13.5. The number of nitrogens with one attached hydrogen (secondary N) is 1. The summed E-state index contributed by atoms with van der Waals surface area (Å²) >= 11 is 0. The number of aromatic nitrogens is 2. The van der Waals surface area contributed by atoms with E-state index in [2.05, 4.69) is 15.5 Å². The molecule has 146 valence electrons. The van der Waals surface area contributed by atoms with Gasteiger partial charge in [0, 0.05) is 25.6 Å². The largest absolute Gasteiger partial charge is 0.396 e. The van der Waals surface area contributed by atoms with E-state index in [0.717, 1.165) is 11.1 Å². The second-order valence-electron chi connectivity index (χ2n) is 7.04. The minimum absolute atomic E-state index is 0.0628. The van der Waals surface area contributed by atoms with Crippen molar-refractivity contribution >= 4 is 11.7 Å². The molecule has 1 aliphatic heterocycles. The van der Waals surface area contributed by atoms with Gasteiger partial charge in [-0.3, -0.25) is 4.79 Å². The van der Waals surface area contributed by atoms with Gasteiger partial charge in [-0.05, 0) is 23.3 Å². The molecule has 0 saturated carbocycles. The number of benzene rings is 1. The minimum atomic E-state index is -0.714. The molecule has 28 heavy (non-hydrogen) atoms. The van der Waals surface area contributed by atoms with Crippen molar-refractivity contribution in [1.82, 2.24) is 15.5 Å². The van der Waals surface area contributed by atoms with Gasteiger partial charge in [0.1, 0.15) is 6.07 Å². The van der Waals surface area contributed by atoms with Gasteiger partial charge in [-0.1, -0.05) is 31.2 Å². The predicted octanol–water partition coefficient (Wildman–Crippen LogP) is 0.352. The van der Waals surface area contributed by atoms with Crippen molar-refractivity contribution in [2.45, 2.75) is 31.4 Å². The van der Waals surface area contributed by atoms with E-state index in [0.29, 0.717) is 18.9 Å². The Morgan fingerprint density at radius 2 is 2.04 bits per heavy atom. The number of β-amino-alcohol motifs (C(OH)–C–C–N with tert-alkyl or cyclic N) is 1. The van der Waals surface area contributed by atoms with Gasteiger partial charge in [-0.2, -0.15) is 5.26 Å². The van der Waals surface area contributed by atoms with Crippen molar-refractivity contribution in [3.05, 3.63) is 53.2 Å². The molecule has 1 amide bonds. The molecule has 2 heterocycles. The Bertz CT molecular complexity index is 848. The molecular weight excluding hydrogens is 358 g/mol. The molecule has 1 aromatic carbocycles. The minimum Gasteiger partial charge on any atom is -0.396 e. The lowest BCUT2D eigenvalue weighted by atomic mass is 10.00. The third kappa shape index (κ3) is 4.63. The average molecular weight is 381 g/mol. The zero-order valence-electron chi connectivity index (χ0n) is 15.6. The van der Waals surface area contributed by atoms with Crippen LogP contribution in [0.25, 0.3) is 0 Å². The monoisotopic (exact) mass is 381 g/mol. The molecule has 1 saturated heterocycles. The van der Waals surface area contributed by atoms with Gasteiger partial charge in [-0.15, -0.1) is 10.2 Å². The first kappa shape index (κ1) is 19.7. The summed E-state index contributed by atoms with van der Waals surface area (Å²) in [4.78, 5) is 14.2. The molecule has 0 spiro atoms. The first-order valence-electron chi connectivity index (χ1n) is 9.16.